The number of thiophene rings is 1. The maximum Gasteiger partial charge on any atom is 0.264 e. The molecule has 0 radical (unpaired) electrons. The number of rotatable bonds is 3. The summed E-state index contributed by atoms with van der Waals surface area (Å²) in [6.45, 7) is 0.484. The maximum atomic E-state index is 13.2. The number of nitrogens with zero attached hydrogens (tertiary/aromatic N) is 2. The number of carbonyl (C=O) groups excluding carboxylic acids is 1. The lowest BCUT2D eigenvalue weighted by Crippen LogP contribution is -2.25. The predicted octanol–water partition coefficient (Wildman–Crippen LogP) is 3.04. The molecule has 0 saturated carbocycles. The second kappa shape index (κ2) is 5.05. The molecule has 6 heteroatoms. The van der Waals surface area contributed by atoms with E-state index in [4.69, 9.17) is 0 Å². The van der Waals surface area contributed by atoms with Crippen molar-refractivity contribution in [1.29, 1.82) is 0 Å². The van der Waals surface area contributed by atoms with Crippen LogP contribution in [-0.2, 0) is 6.54 Å². The fourth-order valence-corrected chi connectivity index (χ4v) is 3.06. The number of nitrogens with one attached hydrogen (secondary N) is 1. The number of hydrogen-bond donors (Lipinski definition) is 1. The van der Waals surface area contributed by atoms with Crippen molar-refractivity contribution >= 4 is 27.3 Å². The molecule has 0 bridgehead atoms. The van der Waals surface area contributed by atoms with Crippen LogP contribution in [0.3, 0.4) is 0 Å². The number of fused-ring (bicyclic) bond motifs is 1. The topological polar surface area (TPSA) is 49.0 Å². The van der Waals surface area contributed by atoms with Crippen molar-refractivity contribution in [2.24, 2.45) is 0 Å². The zero-order chi connectivity index (χ0) is 14.1. The molecule has 0 aliphatic rings. The number of hydrogen-bond acceptors (Lipinski definition) is 3. The molecule has 0 saturated heterocycles. The van der Waals surface area contributed by atoms with Gasteiger partial charge in [0.2, 0.25) is 0 Å². The molecule has 1 N–H and O–H groups in total. The van der Waals surface area contributed by atoms with Crippen LogP contribution >= 0.6 is 11.3 Å². The van der Waals surface area contributed by atoms with E-state index >= 15 is 0 Å². The van der Waals surface area contributed by atoms with Crippen LogP contribution in [0.1, 0.15) is 15.2 Å². The molecule has 102 valence electrons. The summed E-state index contributed by atoms with van der Waals surface area (Å²) in [4.78, 5) is 14.6. The third-order valence-electron chi connectivity index (χ3n) is 3.01. The number of benzene rings is 1. The largest absolute Gasteiger partial charge is 0.337 e. The van der Waals surface area contributed by atoms with Crippen molar-refractivity contribution < 1.29 is 9.18 Å². The van der Waals surface area contributed by atoms with Gasteiger partial charge in [0.05, 0.1) is 11.1 Å². The van der Waals surface area contributed by atoms with Crippen molar-refractivity contribution in [2.75, 3.05) is 7.05 Å². The fraction of sp³-hybridized carbons (Fsp3) is 0.143. The summed E-state index contributed by atoms with van der Waals surface area (Å²) in [5.74, 6) is -0.367. The van der Waals surface area contributed by atoms with Gasteiger partial charge in [-0.15, -0.1) is 11.3 Å². The summed E-state index contributed by atoms with van der Waals surface area (Å²) >= 11 is 1.37. The van der Waals surface area contributed by atoms with Crippen LogP contribution in [0.5, 0.6) is 0 Å². The molecule has 0 aliphatic heterocycles. The Bertz CT molecular complexity index is 751. The molecular formula is C14H12FN3OS. The highest BCUT2D eigenvalue weighted by Gasteiger charge is 2.15. The number of carbonyl (C=O) groups is 1. The lowest BCUT2D eigenvalue weighted by Gasteiger charge is -2.14. The lowest BCUT2D eigenvalue weighted by atomic mass is 10.2. The van der Waals surface area contributed by atoms with E-state index < -0.39 is 0 Å². The fourth-order valence-electron chi connectivity index (χ4n) is 2.02. The average molecular weight is 289 g/mol. The molecular weight excluding hydrogens is 277 g/mol. The van der Waals surface area contributed by atoms with Gasteiger partial charge in [0.15, 0.2) is 0 Å². The van der Waals surface area contributed by atoms with Crippen molar-refractivity contribution in [3.05, 3.63) is 52.9 Å². The van der Waals surface area contributed by atoms with Gasteiger partial charge in [0, 0.05) is 30.1 Å². The molecule has 0 spiro atoms. The number of amides is 1. The summed E-state index contributed by atoms with van der Waals surface area (Å²) in [5, 5.41) is 7.32. The van der Waals surface area contributed by atoms with Gasteiger partial charge in [-0.2, -0.15) is 5.10 Å². The Labute approximate surface area is 118 Å². The Balaban J connectivity index is 1.84. The van der Waals surface area contributed by atoms with Gasteiger partial charge in [-0.1, -0.05) is 0 Å². The van der Waals surface area contributed by atoms with Crippen LogP contribution in [0.4, 0.5) is 4.39 Å². The monoisotopic (exact) mass is 289 g/mol. The van der Waals surface area contributed by atoms with Gasteiger partial charge in [-0.3, -0.25) is 9.89 Å². The molecule has 3 rings (SSSR count). The summed E-state index contributed by atoms with van der Waals surface area (Å²) in [7, 11) is 1.74. The molecule has 0 unspecified atom stereocenters. The van der Waals surface area contributed by atoms with Crippen LogP contribution in [0, 0.1) is 5.82 Å². The highest BCUT2D eigenvalue weighted by atomic mass is 32.1. The summed E-state index contributed by atoms with van der Waals surface area (Å²) < 4.78 is 14.1. The quantitative estimate of drug-likeness (QED) is 0.805. The SMILES string of the molecule is CN(Cc1cn[nH]c1)C(=O)c1cc2cc(F)ccc2s1. The standard InChI is InChI=1S/C14H12FN3OS/c1-18(8-9-6-16-17-7-9)14(19)13-5-10-4-11(15)2-3-12(10)20-13/h2-7H,8H2,1H3,(H,16,17). The number of aromatic amines is 1. The Hall–Kier alpha value is -2.21. The first-order valence-electron chi connectivity index (χ1n) is 6.06. The van der Waals surface area contributed by atoms with Crippen molar-refractivity contribution in [3.63, 3.8) is 0 Å². The predicted molar refractivity (Wildman–Crippen MR) is 76.2 cm³/mol. The minimum Gasteiger partial charge on any atom is -0.337 e. The average Bonchev–Trinajstić information content (AvgIpc) is 3.06. The summed E-state index contributed by atoms with van der Waals surface area (Å²) in [6, 6.07) is 6.28. The van der Waals surface area contributed by atoms with Gasteiger partial charge in [0.25, 0.3) is 5.91 Å². The first-order valence-corrected chi connectivity index (χ1v) is 6.87. The van der Waals surface area contributed by atoms with E-state index in [0.29, 0.717) is 11.4 Å². The second-order valence-electron chi connectivity index (χ2n) is 4.56. The van der Waals surface area contributed by atoms with Crippen LogP contribution < -0.4 is 0 Å². The molecule has 0 fully saturated rings. The molecule has 3 aromatic rings. The van der Waals surface area contributed by atoms with Crippen molar-refractivity contribution in [3.8, 4) is 0 Å². The highest BCUT2D eigenvalue weighted by Crippen LogP contribution is 2.27. The van der Waals surface area contributed by atoms with E-state index in [2.05, 4.69) is 10.2 Å². The normalized spacial score (nSPS) is 10.9. The Morgan fingerprint density at radius 3 is 3.05 bits per heavy atom. The highest BCUT2D eigenvalue weighted by molar-refractivity contribution is 7.20. The van der Waals surface area contributed by atoms with Crippen molar-refractivity contribution in [2.45, 2.75) is 6.54 Å². The van der Waals surface area contributed by atoms with Crippen LogP contribution in [0.15, 0.2) is 36.7 Å². The van der Waals surface area contributed by atoms with E-state index in [1.54, 1.807) is 36.5 Å². The summed E-state index contributed by atoms with van der Waals surface area (Å²) in [6.07, 6.45) is 3.44. The second-order valence-corrected chi connectivity index (χ2v) is 5.64. The molecule has 0 atom stereocenters. The number of H-pyrrole nitrogens is 1. The minimum absolute atomic E-state index is 0.0761. The van der Waals surface area contributed by atoms with Crippen LogP contribution in [-0.4, -0.2) is 28.1 Å². The first kappa shape index (κ1) is 12.8. The number of aromatic nitrogens is 2. The first-order chi connectivity index (χ1) is 9.63. The molecule has 1 amide bonds. The van der Waals surface area contributed by atoms with E-state index in [-0.39, 0.29) is 11.7 Å². The Morgan fingerprint density at radius 2 is 2.30 bits per heavy atom. The van der Waals surface area contributed by atoms with Gasteiger partial charge < -0.3 is 4.90 Å². The molecule has 1 aromatic carbocycles. The van der Waals surface area contributed by atoms with E-state index in [1.165, 1.54) is 23.5 Å². The van der Waals surface area contributed by atoms with Crippen LogP contribution in [0.2, 0.25) is 0 Å². The minimum atomic E-state index is -0.291. The molecule has 4 nitrogen and oxygen atoms in total. The zero-order valence-corrected chi connectivity index (χ0v) is 11.6. The van der Waals surface area contributed by atoms with E-state index in [1.807, 2.05) is 0 Å². The lowest BCUT2D eigenvalue weighted by molar-refractivity contribution is 0.0790. The third-order valence-corrected chi connectivity index (χ3v) is 4.11. The molecule has 0 aliphatic carbocycles. The van der Waals surface area contributed by atoms with Gasteiger partial charge in [-0.25, -0.2) is 4.39 Å². The van der Waals surface area contributed by atoms with Gasteiger partial charge >= 0.3 is 0 Å². The van der Waals surface area contributed by atoms with Gasteiger partial charge in [0.1, 0.15) is 5.82 Å². The molecule has 2 aromatic heterocycles. The van der Waals surface area contributed by atoms with Gasteiger partial charge in [-0.05, 0) is 29.7 Å². The zero-order valence-electron chi connectivity index (χ0n) is 10.8. The molecule has 2 heterocycles. The number of halogens is 1. The van der Waals surface area contributed by atoms with Crippen LogP contribution in [0.25, 0.3) is 10.1 Å². The third kappa shape index (κ3) is 2.42. The van der Waals surface area contributed by atoms with Crippen molar-refractivity contribution in [1.82, 2.24) is 15.1 Å². The smallest absolute Gasteiger partial charge is 0.264 e. The Kier molecular flexibility index (Phi) is 3.23. The summed E-state index contributed by atoms with van der Waals surface area (Å²) in [5.41, 5.74) is 0.938. The van der Waals surface area contributed by atoms with E-state index in [9.17, 15) is 9.18 Å². The Morgan fingerprint density at radius 1 is 1.45 bits per heavy atom. The van der Waals surface area contributed by atoms with E-state index in [0.717, 1.165) is 15.6 Å². The molecule has 20 heavy (non-hydrogen) atoms. The maximum absolute atomic E-state index is 13.2.